The Morgan fingerprint density at radius 3 is 2.15 bits per heavy atom. The lowest BCUT2D eigenvalue weighted by Gasteiger charge is -2.30. The van der Waals surface area contributed by atoms with Gasteiger partial charge in [-0.3, -0.25) is 4.55 Å². The van der Waals surface area contributed by atoms with Gasteiger partial charge in [-0.05, 0) is 19.8 Å². The molecule has 0 heterocycles. The van der Waals surface area contributed by atoms with Gasteiger partial charge >= 0.3 is 0 Å². The number of rotatable bonds is 2. The Labute approximate surface area is 78.1 Å². The summed E-state index contributed by atoms with van der Waals surface area (Å²) in [6.45, 7) is 0.957. The standard InChI is InChI=1S/C8H15FO3S/c1-8(9,13(10,11)12)7-5-3-2-4-6-7/h7H,2-6H2,1H3,(H,10,11,12). The van der Waals surface area contributed by atoms with E-state index in [1.165, 1.54) is 0 Å². The minimum absolute atomic E-state index is 0.545. The zero-order valence-electron chi connectivity index (χ0n) is 7.66. The first-order valence-electron chi connectivity index (χ1n) is 4.51. The molecule has 0 radical (unpaired) electrons. The first-order valence-corrected chi connectivity index (χ1v) is 5.95. The maximum Gasteiger partial charge on any atom is 0.300 e. The van der Waals surface area contributed by atoms with Crippen LogP contribution in [0.25, 0.3) is 0 Å². The van der Waals surface area contributed by atoms with Gasteiger partial charge in [-0.25, -0.2) is 4.39 Å². The van der Waals surface area contributed by atoms with E-state index in [1.54, 1.807) is 0 Å². The van der Waals surface area contributed by atoms with E-state index in [-0.39, 0.29) is 0 Å². The van der Waals surface area contributed by atoms with Crippen molar-refractivity contribution in [2.45, 2.75) is 44.0 Å². The van der Waals surface area contributed by atoms with Crippen LogP contribution in [-0.2, 0) is 10.1 Å². The summed E-state index contributed by atoms with van der Waals surface area (Å²) in [5, 5.41) is -2.46. The zero-order chi connectivity index (χ0) is 10.1. The molecule has 1 atom stereocenters. The topological polar surface area (TPSA) is 54.4 Å². The van der Waals surface area contributed by atoms with Crippen LogP contribution in [0.5, 0.6) is 0 Å². The Morgan fingerprint density at radius 2 is 1.77 bits per heavy atom. The fourth-order valence-corrected chi connectivity index (χ4v) is 2.49. The highest BCUT2D eigenvalue weighted by Crippen LogP contribution is 2.38. The van der Waals surface area contributed by atoms with Gasteiger partial charge in [0.15, 0.2) is 0 Å². The van der Waals surface area contributed by atoms with Gasteiger partial charge in [-0.1, -0.05) is 19.3 Å². The molecule has 13 heavy (non-hydrogen) atoms. The quantitative estimate of drug-likeness (QED) is 0.710. The SMILES string of the molecule is CC(F)(C1CCCCC1)S(=O)(=O)O. The predicted octanol–water partition coefficient (Wildman–Crippen LogP) is 2.14. The molecule has 1 saturated carbocycles. The third-order valence-electron chi connectivity index (χ3n) is 2.84. The van der Waals surface area contributed by atoms with Crippen LogP contribution in [0, 0.1) is 5.92 Å². The number of halogens is 1. The monoisotopic (exact) mass is 210 g/mol. The fraction of sp³-hybridized carbons (Fsp3) is 1.00. The van der Waals surface area contributed by atoms with E-state index in [0.29, 0.717) is 12.8 Å². The third kappa shape index (κ3) is 2.20. The molecule has 78 valence electrons. The van der Waals surface area contributed by atoms with Crippen LogP contribution in [-0.4, -0.2) is 18.0 Å². The van der Waals surface area contributed by atoms with Crippen molar-refractivity contribution >= 4 is 10.1 Å². The van der Waals surface area contributed by atoms with Gasteiger partial charge < -0.3 is 0 Å². The number of alkyl halides is 1. The highest BCUT2D eigenvalue weighted by molar-refractivity contribution is 7.87. The molecule has 0 aliphatic heterocycles. The van der Waals surface area contributed by atoms with Crippen LogP contribution in [0.2, 0.25) is 0 Å². The molecule has 0 aromatic heterocycles. The highest BCUT2D eigenvalue weighted by Gasteiger charge is 2.45. The molecule has 0 aromatic carbocycles. The van der Waals surface area contributed by atoms with Gasteiger partial charge in [0.2, 0.25) is 5.00 Å². The molecule has 1 fully saturated rings. The number of hydrogen-bond donors (Lipinski definition) is 1. The van der Waals surface area contributed by atoms with E-state index >= 15 is 0 Å². The summed E-state index contributed by atoms with van der Waals surface area (Å²) in [6.07, 6.45) is 3.82. The first kappa shape index (κ1) is 10.9. The lowest BCUT2D eigenvalue weighted by molar-refractivity contribution is 0.142. The van der Waals surface area contributed by atoms with Crippen LogP contribution >= 0.6 is 0 Å². The zero-order valence-corrected chi connectivity index (χ0v) is 8.48. The van der Waals surface area contributed by atoms with Crippen LogP contribution < -0.4 is 0 Å². The second-order valence-corrected chi connectivity index (χ2v) is 5.54. The summed E-state index contributed by atoms with van der Waals surface area (Å²) < 4.78 is 43.8. The minimum Gasteiger partial charge on any atom is -0.283 e. The molecule has 0 saturated heterocycles. The Hall–Kier alpha value is -0.160. The van der Waals surface area contributed by atoms with Gasteiger partial charge in [0.25, 0.3) is 10.1 Å². The lowest BCUT2D eigenvalue weighted by atomic mass is 9.86. The van der Waals surface area contributed by atoms with Gasteiger partial charge in [-0.2, -0.15) is 8.42 Å². The van der Waals surface area contributed by atoms with Crippen molar-refractivity contribution in [1.29, 1.82) is 0 Å². The van der Waals surface area contributed by atoms with Crippen LogP contribution in [0.1, 0.15) is 39.0 Å². The highest BCUT2D eigenvalue weighted by atomic mass is 32.2. The molecule has 1 N–H and O–H groups in total. The van der Waals surface area contributed by atoms with E-state index < -0.39 is 21.0 Å². The first-order chi connectivity index (χ1) is 5.86. The third-order valence-corrected chi connectivity index (χ3v) is 4.18. The average molecular weight is 210 g/mol. The molecule has 5 heteroatoms. The summed E-state index contributed by atoms with van der Waals surface area (Å²) >= 11 is 0. The largest absolute Gasteiger partial charge is 0.300 e. The Bertz CT molecular complexity index is 265. The maximum absolute atomic E-state index is 13.6. The molecule has 1 rings (SSSR count). The predicted molar refractivity (Wildman–Crippen MR) is 47.6 cm³/mol. The molecular weight excluding hydrogens is 195 g/mol. The second kappa shape index (κ2) is 3.53. The Kier molecular flexibility index (Phi) is 2.97. The molecule has 0 aromatic rings. The molecule has 3 nitrogen and oxygen atoms in total. The van der Waals surface area contributed by atoms with Crippen molar-refractivity contribution in [3.8, 4) is 0 Å². The molecule has 0 spiro atoms. The maximum atomic E-state index is 13.6. The van der Waals surface area contributed by atoms with Crippen molar-refractivity contribution in [2.75, 3.05) is 0 Å². The summed E-state index contributed by atoms with van der Waals surface area (Å²) in [5.74, 6) is -0.545. The van der Waals surface area contributed by atoms with Gasteiger partial charge in [-0.15, -0.1) is 0 Å². The van der Waals surface area contributed by atoms with Crippen molar-refractivity contribution in [3.63, 3.8) is 0 Å². The van der Waals surface area contributed by atoms with Crippen LogP contribution in [0.4, 0.5) is 4.39 Å². The van der Waals surface area contributed by atoms with Crippen molar-refractivity contribution < 1.29 is 17.4 Å². The molecule has 0 bridgehead atoms. The van der Waals surface area contributed by atoms with Crippen molar-refractivity contribution in [2.24, 2.45) is 5.92 Å². The van der Waals surface area contributed by atoms with Crippen LogP contribution in [0.3, 0.4) is 0 Å². The summed E-state index contributed by atoms with van der Waals surface area (Å²) in [4.78, 5) is 0. The molecule has 1 unspecified atom stereocenters. The molecular formula is C8H15FO3S. The number of hydrogen-bond acceptors (Lipinski definition) is 2. The van der Waals surface area contributed by atoms with Gasteiger partial charge in [0, 0.05) is 5.92 Å². The van der Waals surface area contributed by atoms with E-state index in [4.69, 9.17) is 4.55 Å². The summed E-state index contributed by atoms with van der Waals surface area (Å²) in [7, 11) is -4.57. The molecule has 1 aliphatic rings. The minimum atomic E-state index is -4.57. The smallest absolute Gasteiger partial charge is 0.283 e. The molecule has 1 aliphatic carbocycles. The fourth-order valence-electron chi connectivity index (χ4n) is 1.83. The summed E-state index contributed by atoms with van der Waals surface area (Å²) in [6, 6.07) is 0. The van der Waals surface area contributed by atoms with Crippen molar-refractivity contribution in [1.82, 2.24) is 0 Å². The van der Waals surface area contributed by atoms with Gasteiger partial charge in [0.1, 0.15) is 0 Å². The van der Waals surface area contributed by atoms with Gasteiger partial charge in [0.05, 0.1) is 0 Å². The Balaban J connectivity index is 2.79. The van der Waals surface area contributed by atoms with E-state index in [9.17, 15) is 12.8 Å². The second-order valence-electron chi connectivity index (χ2n) is 3.80. The van der Waals surface area contributed by atoms with Crippen molar-refractivity contribution in [3.05, 3.63) is 0 Å². The average Bonchev–Trinajstić information content (AvgIpc) is 2.04. The Morgan fingerprint density at radius 1 is 1.31 bits per heavy atom. The van der Waals surface area contributed by atoms with E-state index in [0.717, 1.165) is 26.2 Å². The summed E-state index contributed by atoms with van der Waals surface area (Å²) in [5.41, 5.74) is 0. The van der Waals surface area contributed by atoms with Crippen LogP contribution in [0.15, 0.2) is 0 Å². The van der Waals surface area contributed by atoms with E-state index in [2.05, 4.69) is 0 Å². The van der Waals surface area contributed by atoms with E-state index in [1.807, 2.05) is 0 Å². The normalized spacial score (nSPS) is 25.5. The lowest BCUT2D eigenvalue weighted by Crippen LogP contribution is -2.39. The molecule has 0 amide bonds.